The smallest absolute Gasteiger partial charge is 0.143 e. The maximum absolute atomic E-state index is 12.4. The van der Waals surface area contributed by atoms with E-state index in [-0.39, 0.29) is 11.2 Å². The van der Waals surface area contributed by atoms with Gasteiger partial charge in [0.2, 0.25) is 0 Å². The predicted octanol–water partition coefficient (Wildman–Crippen LogP) is 4.38. The van der Waals surface area contributed by atoms with Gasteiger partial charge in [0.25, 0.3) is 0 Å². The summed E-state index contributed by atoms with van der Waals surface area (Å²) < 4.78 is 0. The van der Waals surface area contributed by atoms with E-state index in [0.29, 0.717) is 29.2 Å². The van der Waals surface area contributed by atoms with Crippen LogP contribution in [0.4, 0.5) is 5.69 Å². The summed E-state index contributed by atoms with van der Waals surface area (Å²) in [4.78, 5) is 12.4. The molecule has 0 radical (unpaired) electrons. The number of benzene rings is 1. The topological polar surface area (TPSA) is 65.3 Å². The van der Waals surface area contributed by atoms with Gasteiger partial charge in [-0.1, -0.05) is 12.1 Å². The average molecular weight is 341 g/mol. The highest BCUT2D eigenvalue weighted by molar-refractivity contribution is 5.87. The number of nitrogens with zero attached hydrogens (tertiary/aromatic N) is 3. The van der Waals surface area contributed by atoms with E-state index in [2.05, 4.69) is 17.3 Å². The van der Waals surface area contributed by atoms with E-state index in [1.54, 1.807) is 5.01 Å². The van der Waals surface area contributed by atoms with Crippen LogP contribution >= 0.6 is 0 Å². The number of aryl methyl sites for hydroxylation is 1. The Kier molecular flexibility index (Phi) is 3.85. The van der Waals surface area contributed by atoms with Gasteiger partial charge in [0.1, 0.15) is 17.2 Å². The van der Waals surface area contributed by atoms with E-state index in [9.17, 15) is 9.90 Å². The molecule has 0 spiro atoms. The Morgan fingerprint density at radius 2 is 2.00 bits per heavy atom. The summed E-state index contributed by atoms with van der Waals surface area (Å²) in [6, 6.07) is 3.91. The molecule has 0 amide bonds. The highest BCUT2D eigenvalue weighted by Crippen LogP contribution is 2.60. The van der Waals surface area contributed by atoms with Crippen molar-refractivity contribution in [1.82, 2.24) is 5.01 Å². The second kappa shape index (κ2) is 5.82. The lowest BCUT2D eigenvalue weighted by Gasteiger charge is -2.48. The van der Waals surface area contributed by atoms with Crippen LogP contribution in [-0.4, -0.2) is 30.0 Å². The number of fused-ring (bicyclic) bond motifs is 5. The van der Waals surface area contributed by atoms with Crippen LogP contribution in [0.2, 0.25) is 0 Å². The maximum Gasteiger partial charge on any atom is 0.143 e. The normalized spacial score (nSPS) is 33.9. The minimum Gasteiger partial charge on any atom is -0.506 e. The SMILES string of the molecule is CN(C)N=Nc1cc2c(cc1O)CC[C@@H]1[C@@H]2CC[C@]2(C)C(=O)CC[C@@H]12. The van der Waals surface area contributed by atoms with E-state index in [1.807, 2.05) is 26.2 Å². The van der Waals surface area contributed by atoms with Gasteiger partial charge < -0.3 is 5.11 Å². The first-order valence-electron chi connectivity index (χ1n) is 9.38. The quantitative estimate of drug-likeness (QED) is 0.641. The minimum absolute atomic E-state index is 0.0942. The molecule has 0 aromatic heterocycles. The molecule has 1 N–H and O–H groups in total. The highest BCUT2D eigenvalue weighted by Gasteiger charge is 2.54. The van der Waals surface area contributed by atoms with Crippen LogP contribution in [-0.2, 0) is 11.2 Å². The number of phenols is 1. The predicted molar refractivity (Wildman–Crippen MR) is 95.9 cm³/mol. The molecular formula is C20H27N3O2. The largest absolute Gasteiger partial charge is 0.506 e. The summed E-state index contributed by atoms with van der Waals surface area (Å²) in [5.41, 5.74) is 3.02. The fourth-order valence-electron chi connectivity index (χ4n) is 5.59. The second-order valence-electron chi connectivity index (χ2n) is 8.41. The molecular weight excluding hydrogens is 314 g/mol. The number of phenolic OH excluding ortho intramolecular Hbond substituents is 1. The number of rotatable bonds is 2. The van der Waals surface area contributed by atoms with Crippen LogP contribution in [0.1, 0.15) is 56.1 Å². The molecule has 0 aliphatic heterocycles. The number of ketones is 1. The van der Waals surface area contributed by atoms with E-state index in [4.69, 9.17) is 0 Å². The zero-order valence-electron chi connectivity index (χ0n) is 15.3. The van der Waals surface area contributed by atoms with Gasteiger partial charge in [0.15, 0.2) is 0 Å². The Bertz CT molecular complexity index is 743. The molecule has 0 heterocycles. The van der Waals surface area contributed by atoms with Crippen molar-refractivity contribution in [3.63, 3.8) is 0 Å². The van der Waals surface area contributed by atoms with Crippen molar-refractivity contribution in [1.29, 1.82) is 0 Å². The van der Waals surface area contributed by atoms with Crippen LogP contribution in [0.5, 0.6) is 5.75 Å². The molecule has 4 rings (SSSR count). The Labute approximate surface area is 149 Å². The number of hydrogen-bond donors (Lipinski definition) is 1. The summed E-state index contributed by atoms with van der Waals surface area (Å²) in [5.74, 6) is 2.28. The summed E-state index contributed by atoms with van der Waals surface area (Å²) in [6.45, 7) is 2.20. The molecule has 4 atom stereocenters. The first-order valence-corrected chi connectivity index (χ1v) is 9.38. The Hall–Kier alpha value is -1.91. The summed E-state index contributed by atoms with van der Waals surface area (Å²) >= 11 is 0. The third kappa shape index (κ3) is 2.55. The van der Waals surface area contributed by atoms with Crippen molar-refractivity contribution < 1.29 is 9.90 Å². The first-order chi connectivity index (χ1) is 11.9. The van der Waals surface area contributed by atoms with Gasteiger partial charge in [0.05, 0.1) is 0 Å². The molecule has 134 valence electrons. The summed E-state index contributed by atoms with van der Waals surface area (Å²) in [7, 11) is 3.63. The number of carbonyl (C=O) groups excluding carboxylic acids is 1. The van der Waals surface area contributed by atoms with Gasteiger partial charge in [0, 0.05) is 25.9 Å². The lowest BCUT2D eigenvalue weighted by Crippen LogP contribution is -2.42. The van der Waals surface area contributed by atoms with E-state index < -0.39 is 0 Å². The first kappa shape index (κ1) is 16.6. The van der Waals surface area contributed by atoms with Gasteiger partial charge >= 0.3 is 0 Å². The van der Waals surface area contributed by atoms with Crippen LogP contribution in [0.15, 0.2) is 22.5 Å². The molecule has 3 aliphatic carbocycles. The van der Waals surface area contributed by atoms with Crippen molar-refractivity contribution in [3.8, 4) is 5.75 Å². The lowest BCUT2D eigenvalue weighted by molar-refractivity contribution is -0.129. The Morgan fingerprint density at radius 1 is 1.20 bits per heavy atom. The number of carbonyl (C=O) groups is 1. The van der Waals surface area contributed by atoms with Crippen molar-refractivity contribution in [2.75, 3.05) is 14.1 Å². The molecule has 0 unspecified atom stereocenters. The molecule has 1 aromatic rings. The second-order valence-corrected chi connectivity index (χ2v) is 8.41. The van der Waals surface area contributed by atoms with Gasteiger partial charge in [-0.3, -0.25) is 9.80 Å². The third-order valence-corrected chi connectivity index (χ3v) is 6.86. The highest BCUT2D eigenvalue weighted by atomic mass is 16.3. The summed E-state index contributed by atoms with van der Waals surface area (Å²) in [5, 5.41) is 20.1. The molecule has 25 heavy (non-hydrogen) atoms. The fraction of sp³-hybridized carbons (Fsp3) is 0.650. The zero-order chi connectivity index (χ0) is 17.8. The Morgan fingerprint density at radius 3 is 2.76 bits per heavy atom. The molecule has 0 saturated heterocycles. The van der Waals surface area contributed by atoms with Gasteiger partial charge in [-0.15, -0.1) is 5.11 Å². The van der Waals surface area contributed by atoms with Gasteiger partial charge in [-0.05, 0) is 73.1 Å². The van der Waals surface area contributed by atoms with Crippen molar-refractivity contribution in [2.45, 2.75) is 51.4 Å². The van der Waals surface area contributed by atoms with Crippen LogP contribution in [0, 0.1) is 17.3 Å². The number of hydrogen-bond acceptors (Lipinski definition) is 4. The Balaban J connectivity index is 1.70. The molecule has 1 aromatic carbocycles. The van der Waals surface area contributed by atoms with Gasteiger partial charge in [-0.25, -0.2) is 0 Å². The molecule has 3 aliphatic rings. The standard InChI is InChI=1S/C20H27N3O2/c1-20-9-8-13-14(16(20)6-7-19(20)25)5-4-12-10-18(24)17(11-15(12)13)21-22-23(2)3/h10-11,13-14,16,24H,4-9H2,1-3H3/t13-,14+,16-,20-/m0/s1. The summed E-state index contributed by atoms with van der Waals surface area (Å²) in [6.07, 6.45) is 5.98. The van der Waals surface area contributed by atoms with Crippen LogP contribution in [0.3, 0.4) is 0 Å². The van der Waals surface area contributed by atoms with Crippen molar-refractivity contribution >= 4 is 11.5 Å². The molecule has 2 fully saturated rings. The fourth-order valence-corrected chi connectivity index (χ4v) is 5.59. The van der Waals surface area contributed by atoms with Crippen LogP contribution < -0.4 is 0 Å². The molecule has 5 heteroatoms. The van der Waals surface area contributed by atoms with Gasteiger partial charge in [-0.2, -0.15) is 0 Å². The van der Waals surface area contributed by atoms with Crippen molar-refractivity contribution in [3.05, 3.63) is 23.3 Å². The number of aromatic hydroxyl groups is 1. The van der Waals surface area contributed by atoms with E-state index >= 15 is 0 Å². The van der Waals surface area contributed by atoms with Crippen LogP contribution in [0.25, 0.3) is 0 Å². The van der Waals surface area contributed by atoms with E-state index in [1.165, 1.54) is 11.1 Å². The molecule has 0 bridgehead atoms. The van der Waals surface area contributed by atoms with E-state index in [0.717, 1.165) is 38.5 Å². The minimum atomic E-state index is -0.0942. The molecule has 5 nitrogen and oxygen atoms in total. The average Bonchev–Trinajstić information content (AvgIpc) is 2.88. The monoisotopic (exact) mass is 341 g/mol. The zero-order valence-corrected chi connectivity index (χ0v) is 15.3. The maximum atomic E-state index is 12.4. The van der Waals surface area contributed by atoms with Crippen molar-refractivity contribution in [2.24, 2.45) is 27.6 Å². The lowest BCUT2D eigenvalue weighted by atomic mass is 9.55. The third-order valence-electron chi connectivity index (χ3n) is 6.86. The molecule has 2 saturated carbocycles. The number of Topliss-reactive ketones (excluding diaryl/α,β-unsaturated/α-hetero) is 1.